The molecular weight excluding hydrogens is 208 g/mol. The molecule has 3 rings (SSSR count). The molecule has 1 unspecified atom stereocenters. The van der Waals surface area contributed by atoms with Gasteiger partial charge in [0.15, 0.2) is 0 Å². The van der Waals surface area contributed by atoms with Crippen molar-refractivity contribution in [1.29, 1.82) is 5.26 Å². The third kappa shape index (κ3) is 2.25. The van der Waals surface area contributed by atoms with Gasteiger partial charge in [0, 0.05) is 12.6 Å². The average Bonchev–Trinajstić information content (AvgIpc) is 3.23. The van der Waals surface area contributed by atoms with Crippen molar-refractivity contribution in [1.82, 2.24) is 5.32 Å². The normalized spacial score (nSPS) is 23.9. The number of benzene rings is 1. The summed E-state index contributed by atoms with van der Waals surface area (Å²) in [5.74, 6) is 0.873. The van der Waals surface area contributed by atoms with E-state index in [9.17, 15) is 0 Å². The Balaban J connectivity index is 1.75. The van der Waals surface area contributed by atoms with E-state index >= 15 is 0 Å². The van der Waals surface area contributed by atoms with Gasteiger partial charge in [0.05, 0.1) is 11.6 Å². The largest absolute Gasteiger partial charge is 0.306 e. The zero-order valence-electron chi connectivity index (χ0n) is 9.82. The second-order valence-electron chi connectivity index (χ2n) is 4.95. The third-order valence-corrected chi connectivity index (χ3v) is 3.71. The maximum absolute atomic E-state index is 8.79. The Morgan fingerprint density at radius 3 is 2.59 bits per heavy atom. The molecule has 1 aliphatic heterocycles. The van der Waals surface area contributed by atoms with Crippen LogP contribution in [0.4, 0.5) is 0 Å². The van der Waals surface area contributed by atoms with Gasteiger partial charge in [-0.3, -0.25) is 0 Å². The van der Waals surface area contributed by atoms with Gasteiger partial charge in [0.1, 0.15) is 0 Å². The molecule has 1 aromatic carbocycles. The molecule has 2 aliphatic rings. The summed E-state index contributed by atoms with van der Waals surface area (Å²) in [5.41, 5.74) is 3.68. The standard InChI is InChI=1S/C15H16N2/c16-10-11-1-3-13(4-2-11)15-9-14(7-8-17-15)12-5-6-12/h1-4,7,12,15,17H,5-6,8-9H2. The van der Waals surface area contributed by atoms with Gasteiger partial charge in [0.25, 0.3) is 0 Å². The molecule has 2 heteroatoms. The average molecular weight is 224 g/mol. The minimum absolute atomic E-state index is 0.434. The Kier molecular flexibility index (Phi) is 2.70. The smallest absolute Gasteiger partial charge is 0.0991 e. The Morgan fingerprint density at radius 1 is 1.18 bits per heavy atom. The van der Waals surface area contributed by atoms with Crippen LogP contribution in [0.3, 0.4) is 0 Å². The lowest BCUT2D eigenvalue weighted by Gasteiger charge is -2.24. The van der Waals surface area contributed by atoms with E-state index < -0.39 is 0 Å². The molecule has 0 bridgehead atoms. The van der Waals surface area contributed by atoms with Crippen molar-refractivity contribution in [3.05, 3.63) is 47.0 Å². The molecule has 1 aromatic rings. The molecule has 86 valence electrons. The van der Waals surface area contributed by atoms with Crippen molar-refractivity contribution in [3.8, 4) is 6.07 Å². The minimum atomic E-state index is 0.434. The second kappa shape index (κ2) is 4.35. The van der Waals surface area contributed by atoms with Crippen LogP contribution in [0, 0.1) is 17.2 Å². The van der Waals surface area contributed by atoms with Crippen molar-refractivity contribution in [2.45, 2.75) is 25.3 Å². The van der Waals surface area contributed by atoms with E-state index in [0.717, 1.165) is 24.4 Å². The molecule has 1 aliphatic carbocycles. The van der Waals surface area contributed by atoms with Gasteiger partial charge >= 0.3 is 0 Å². The first-order valence-corrected chi connectivity index (χ1v) is 6.29. The van der Waals surface area contributed by atoms with E-state index in [1.165, 1.54) is 18.4 Å². The van der Waals surface area contributed by atoms with Gasteiger partial charge in [-0.2, -0.15) is 5.26 Å². The number of hydrogen-bond donors (Lipinski definition) is 1. The predicted molar refractivity (Wildman–Crippen MR) is 67.3 cm³/mol. The van der Waals surface area contributed by atoms with Crippen LogP contribution in [-0.4, -0.2) is 6.54 Å². The molecule has 1 heterocycles. The van der Waals surface area contributed by atoms with Crippen LogP contribution in [-0.2, 0) is 0 Å². The maximum atomic E-state index is 8.79. The number of rotatable bonds is 2. The van der Waals surface area contributed by atoms with Crippen LogP contribution in [0.1, 0.15) is 36.4 Å². The topological polar surface area (TPSA) is 35.8 Å². The van der Waals surface area contributed by atoms with E-state index in [1.54, 1.807) is 5.57 Å². The van der Waals surface area contributed by atoms with Gasteiger partial charge < -0.3 is 5.32 Å². The van der Waals surface area contributed by atoms with Gasteiger partial charge in [0.2, 0.25) is 0 Å². The summed E-state index contributed by atoms with van der Waals surface area (Å²) in [6, 6.07) is 10.6. The Labute approximate surface area is 102 Å². The number of hydrogen-bond acceptors (Lipinski definition) is 2. The number of nitrogens with one attached hydrogen (secondary N) is 1. The van der Waals surface area contributed by atoms with E-state index in [4.69, 9.17) is 5.26 Å². The summed E-state index contributed by atoms with van der Waals surface area (Å²) in [4.78, 5) is 0. The van der Waals surface area contributed by atoms with E-state index in [0.29, 0.717) is 6.04 Å². The van der Waals surface area contributed by atoms with E-state index in [-0.39, 0.29) is 0 Å². The highest BCUT2D eigenvalue weighted by Crippen LogP contribution is 2.41. The summed E-state index contributed by atoms with van der Waals surface area (Å²) in [7, 11) is 0. The summed E-state index contributed by atoms with van der Waals surface area (Å²) in [6.07, 6.45) is 6.26. The summed E-state index contributed by atoms with van der Waals surface area (Å²) >= 11 is 0. The molecule has 0 spiro atoms. The maximum Gasteiger partial charge on any atom is 0.0991 e. The van der Waals surface area contributed by atoms with Gasteiger partial charge in [-0.25, -0.2) is 0 Å². The summed E-state index contributed by atoms with van der Waals surface area (Å²) in [5, 5.41) is 12.3. The fourth-order valence-corrected chi connectivity index (χ4v) is 2.54. The highest BCUT2D eigenvalue weighted by molar-refractivity contribution is 5.34. The van der Waals surface area contributed by atoms with Crippen LogP contribution >= 0.6 is 0 Å². The lowest BCUT2D eigenvalue weighted by Crippen LogP contribution is -2.26. The quantitative estimate of drug-likeness (QED) is 0.784. The van der Waals surface area contributed by atoms with Crippen LogP contribution in [0.25, 0.3) is 0 Å². The first kappa shape index (κ1) is 10.6. The molecule has 1 saturated carbocycles. The number of nitrogens with zero attached hydrogens (tertiary/aromatic N) is 1. The summed E-state index contributed by atoms with van der Waals surface area (Å²) in [6.45, 7) is 0.983. The van der Waals surface area contributed by atoms with Gasteiger partial charge in [-0.05, 0) is 42.9 Å². The highest BCUT2D eigenvalue weighted by atomic mass is 14.9. The van der Waals surface area contributed by atoms with Crippen LogP contribution in [0.2, 0.25) is 0 Å². The van der Waals surface area contributed by atoms with Crippen LogP contribution < -0.4 is 5.32 Å². The molecule has 17 heavy (non-hydrogen) atoms. The van der Waals surface area contributed by atoms with Crippen molar-refractivity contribution in [3.63, 3.8) is 0 Å². The van der Waals surface area contributed by atoms with Crippen molar-refractivity contribution in [2.75, 3.05) is 6.54 Å². The molecule has 1 fully saturated rings. The van der Waals surface area contributed by atoms with E-state index in [1.807, 2.05) is 12.1 Å². The Hall–Kier alpha value is -1.59. The van der Waals surface area contributed by atoms with Gasteiger partial charge in [-0.1, -0.05) is 23.8 Å². The molecule has 2 nitrogen and oxygen atoms in total. The Morgan fingerprint density at radius 2 is 1.94 bits per heavy atom. The first-order chi connectivity index (χ1) is 8.36. The molecular formula is C15H16N2. The molecule has 1 atom stereocenters. The lowest BCUT2D eigenvalue weighted by atomic mass is 9.93. The van der Waals surface area contributed by atoms with Crippen LogP contribution in [0.5, 0.6) is 0 Å². The molecule has 1 N–H and O–H groups in total. The second-order valence-corrected chi connectivity index (χ2v) is 4.95. The van der Waals surface area contributed by atoms with Crippen molar-refractivity contribution < 1.29 is 0 Å². The molecule has 0 radical (unpaired) electrons. The van der Waals surface area contributed by atoms with Crippen molar-refractivity contribution in [2.24, 2.45) is 5.92 Å². The summed E-state index contributed by atoms with van der Waals surface area (Å²) < 4.78 is 0. The zero-order valence-corrected chi connectivity index (χ0v) is 9.82. The number of nitriles is 1. The SMILES string of the molecule is N#Cc1ccc(C2CC(C3CC3)=CCN2)cc1. The predicted octanol–water partition coefficient (Wildman–Crippen LogP) is 2.93. The molecule has 0 aromatic heterocycles. The minimum Gasteiger partial charge on any atom is -0.306 e. The first-order valence-electron chi connectivity index (χ1n) is 6.29. The fourth-order valence-electron chi connectivity index (χ4n) is 2.54. The molecule has 0 amide bonds. The van der Waals surface area contributed by atoms with Crippen LogP contribution in [0.15, 0.2) is 35.9 Å². The lowest BCUT2D eigenvalue weighted by molar-refractivity contribution is 0.524. The highest BCUT2D eigenvalue weighted by Gasteiger charge is 2.29. The molecule has 0 saturated heterocycles. The van der Waals surface area contributed by atoms with Crippen molar-refractivity contribution >= 4 is 0 Å². The van der Waals surface area contributed by atoms with Gasteiger partial charge in [-0.15, -0.1) is 0 Å². The third-order valence-electron chi connectivity index (χ3n) is 3.71. The zero-order chi connectivity index (χ0) is 11.7. The monoisotopic (exact) mass is 224 g/mol. The Bertz CT molecular complexity index is 475. The van der Waals surface area contributed by atoms with E-state index in [2.05, 4.69) is 29.6 Å². The fraction of sp³-hybridized carbons (Fsp3) is 0.400.